The first-order valence-corrected chi connectivity index (χ1v) is 6.79. The van der Waals surface area contributed by atoms with Crippen molar-refractivity contribution < 1.29 is 19.4 Å². The van der Waals surface area contributed by atoms with E-state index >= 15 is 0 Å². The van der Waals surface area contributed by atoms with Gasteiger partial charge in [-0.3, -0.25) is 0 Å². The highest BCUT2D eigenvalue weighted by atomic mass is 16.5. The molecule has 116 valence electrons. The van der Waals surface area contributed by atoms with Crippen LogP contribution in [0.2, 0.25) is 0 Å². The van der Waals surface area contributed by atoms with Crippen molar-refractivity contribution in [3.63, 3.8) is 0 Å². The smallest absolute Gasteiger partial charge is 0.421 e. The minimum Gasteiger partial charge on any atom is -0.464 e. The van der Waals surface area contributed by atoms with Gasteiger partial charge in [0.2, 0.25) is 0 Å². The van der Waals surface area contributed by atoms with Crippen LogP contribution in [0.5, 0.6) is 0 Å². The number of carbonyl (C=O) groups is 2. The molecule has 0 radical (unpaired) electrons. The molecule has 0 aliphatic heterocycles. The van der Waals surface area contributed by atoms with Gasteiger partial charge in [0.25, 0.3) is 0 Å². The summed E-state index contributed by atoms with van der Waals surface area (Å²) >= 11 is 0. The lowest BCUT2D eigenvalue weighted by Gasteiger charge is -2.11. The van der Waals surface area contributed by atoms with Crippen LogP contribution in [-0.2, 0) is 11.3 Å². The highest BCUT2D eigenvalue weighted by Gasteiger charge is 2.05. The van der Waals surface area contributed by atoms with Crippen molar-refractivity contribution in [3.8, 4) is 0 Å². The van der Waals surface area contributed by atoms with Crippen LogP contribution in [0.3, 0.4) is 0 Å². The first-order valence-electron chi connectivity index (χ1n) is 6.79. The van der Waals surface area contributed by atoms with E-state index in [0.717, 1.165) is 23.4 Å². The van der Waals surface area contributed by atoms with Crippen LogP contribution >= 0.6 is 0 Å². The molecule has 7 heteroatoms. The van der Waals surface area contributed by atoms with Crippen molar-refractivity contribution in [1.29, 1.82) is 0 Å². The van der Waals surface area contributed by atoms with Crippen LogP contribution in [0, 0.1) is 0 Å². The van der Waals surface area contributed by atoms with Gasteiger partial charge in [0.15, 0.2) is 0 Å². The molecule has 0 aliphatic rings. The van der Waals surface area contributed by atoms with Gasteiger partial charge in [-0.05, 0) is 24.8 Å². The van der Waals surface area contributed by atoms with Gasteiger partial charge < -0.3 is 15.2 Å². The van der Waals surface area contributed by atoms with Crippen LogP contribution < -0.4 is 11.2 Å². The van der Waals surface area contributed by atoms with E-state index < -0.39 is 12.2 Å². The quantitative estimate of drug-likeness (QED) is 0.294. The van der Waals surface area contributed by atoms with Gasteiger partial charge in [-0.15, -0.1) is 0 Å². The zero-order valence-electron chi connectivity index (χ0n) is 11.8. The van der Waals surface area contributed by atoms with Gasteiger partial charge in [-0.2, -0.15) is 0 Å². The zero-order chi connectivity index (χ0) is 15.5. The number of carbonyl (C=O) groups excluding carboxylic acids is 1. The molecule has 0 heterocycles. The third-order valence-electron chi connectivity index (χ3n) is 2.80. The van der Waals surface area contributed by atoms with Crippen LogP contribution in [0.4, 0.5) is 9.59 Å². The van der Waals surface area contributed by atoms with Gasteiger partial charge in [0.05, 0.1) is 0 Å². The lowest BCUT2D eigenvalue weighted by atomic mass is 10.2. The minimum absolute atomic E-state index is 0.243. The number of carboxylic acid groups (broad SMARTS) is 1. The Labute approximate surface area is 123 Å². The van der Waals surface area contributed by atoms with Crippen LogP contribution in [-0.4, -0.2) is 35.4 Å². The number of nitrogens with two attached hydrogens (primary N) is 1. The van der Waals surface area contributed by atoms with Crippen molar-refractivity contribution in [2.24, 2.45) is 5.84 Å². The standard InChI is InChI=1S/C14H21N3O4/c15-17(14(19)20)10-6-2-5-9-16-13(18)21-11-12-7-3-1-4-8-12/h1,3-4,7-8H,2,5-6,9-11,15H2,(H,16,18)(H,19,20). The average Bonchev–Trinajstić information content (AvgIpc) is 2.49. The molecular formula is C14H21N3O4. The number of amides is 2. The first-order chi connectivity index (χ1) is 10.1. The summed E-state index contributed by atoms with van der Waals surface area (Å²) in [6.45, 7) is 1.02. The summed E-state index contributed by atoms with van der Waals surface area (Å²) in [5, 5.41) is 11.9. The summed E-state index contributed by atoms with van der Waals surface area (Å²) in [6.07, 6.45) is 0.583. The molecule has 1 aromatic carbocycles. The summed E-state index contributed by atoms with van der Waals surface area (Å²) in [5.74, 6) is 5.22. The van der Waals surface area contributed by atoms with E-state index in [9.17, 15) is 9.59 Å². The Balaban J connectivity index is 2.00. The number of nitrogens with zero attached hydrogens (tertiary/aromatic N) is 1. The Morgan fingerprint density at radius 1 is 1.19 bits per heavy atom. The zero-order valence-corrected chi connectivity index (χ0v) is 11.8. The number of hydrogen-bond acceptors (Lipinski definition) is 4. The summed E-state index contributed by atoms with van der Waals surface area (Å²) in [5.41, 5.74) is 0.935. The molecule has 1 rings (SSSR count). The number of hydrogen-bond donors (Lipinski definition) is 3. The Morgan fingerprint density at radius 2 is 1.90 bits per heavy atom. The van der Waals surface area contributed by atoms with E-state index in [2.05, 4.69) is 5.32 Å². The molecule has 0 saturated carbocycles. The first kappa shape index (κ1) is 16.8. The summed E-state index contributed by atoms with van der Waals surface area (Å²) in [4.78, 5) is 21.8. The molecule has 0 spiro atoms. The highest BCUT2D eigenvalue weighted by molar-refractivity contribution is 5.67. The van der Waals surface area contributed by atoms with Crippen LogP contribution in [0.1, 0.15) is 24.8 Å². The van der Waals surface area contributed by atoms with Gasteiger partial charge in [0, 0.05) is 13.1 Å². The topological polar surface area (TPSA) is 105 Å². The Hall–Kier alpha value is -2.28. The molecule has 0 aromatic heterocycles. The normalized spacial score (nSPS) is 9.95. The van der Waals surface area contributed by atoms with Crippen molar-refractivity contribution >= 4 is 12.2 Å². The fourth-order valence-electron chi connectivity index (χ4n) is 1.64. The van der Waals surface area contributed by atoms with E-state index in [1.807, 2.05) is 30.3 Å². The average molecular weight is 295 g/mol. The van der Waals surface area contributed by atoms with E-state index in [4.69, 9.17) is 15.7 Å². The number of ether oxygens (including phenoxy) is 1. The number of unbranched alkanes of at least 4 members (excludes halogenated alkanes) is 2. The van der Waals surface area contributed by atoms with E-state index in [1.54, 1.807) is 0 Å². The molecular weight excluding hydrogens is 274 g/mol. The van der Waals surface area contributed by atoms with Crippen molar-refractivity contribution in [2.45, 2.75) is 25.9 Å². The monoisotopic (exact) mass is 295 g/mol. The molecule has 0 fully saturated rings. The van der Waals surface area contributed by atoms with Crippen molar-refractivity contribution in [2.75, 3.05) is 13.1 Å². The maximum atomic E-state index is 11.4. The highest BCUT2D eigenvalue weighted by Crippen LogP contribution is 2.01. The Kier molecular flexibility index (Phi) is 7.67. The predicted molar refractivity (Wildman–Crippen MR) is 77.4 cm³/mol. The number of hydrazine groups is 1. The molecule has 4 N–H and O–H groups in total. The number of rotatable bonds is 8. The van der Waals surface area contributed by atoms with Crippen molar-refractivity contribution in [3.05, 3.63) is 35.9 Å². The fourth-order valence-corrected chi connectivity index (χ4v) is 1.64. The SMILES string of the molecule is NN(CCCCCNC(=O)OCc1ccccc1)C(=O)O. The maximum absolute atomic E-state index is 11.4. The Morgan fingerprint density at radius 3 is 2.57 bits per heavy atom. The number of benzene rings is 1. The maximum Gasteiger partial charge on any atom is 0.421 e. The molecule has 2 amide bonds. The number of alkyl carbamates (subject to hydrolysis) is 1. The van der Waals surface area contributed by atoms with E-state index in [-0.39, 0.29) is 13.2 Å². The third kappa shape index (κ3) is 7.78. The molecule has 21 heavy (non-hydrogen) atoms. The largest absolute Gasteiger partial charge is 0.464 e. The molecule has 0 unspecified atom stereocenters. The fraction of sp³-hybridized carbons (Fsp3) is 0.429. The van der Waals surface area contributed by atoms with Gasteiger partial charge in [-0.1, -0.05) is 30.3 Å². The summed E-state index contributed by atoms with van der Waals surface area (Å²) in [7, 11) is 0. The molecule has 0 aliphatic carbocycles. The van der Waals surface area contributed by atoms with Gasteiger partial charge in [0.1, 0.15) is 6.61 Å². The minimum atomic E-state index is -1.14. The predicted octanol–water partition coefficient (Wildman–Crippen LogP) is 1.94. The van der Waals surface area contributed by atoms with Crippen LogP contribution in [0.15, 0.2) is 30.3 Å². The third-order valence-corrected chi connectivity index (χ3v) is 2.80. The molecule has 0 bridgehead atoms. The second kappa shape index (κ2) is 9.60. The van der Waals surface area contributed by atoms with Gasteiger partial charge >= 0.3 is 12.2 Å². The second-order valence-corrected chi connectivity index (χ2v) is 4.53. The molecule has 0 atom stereocenters. The van der Waals surface area contributed by atoms with Gasteiger partial charge in [-0.25, -0.2) is 20.4 Å². The summed E-state index contributed by atoms with van der Waals surface area (Å²) < 4.78 is 5.05. The van der Waals surface area contributed by atoms with Crippen LogP contribution in [0.25, 0.3) is 0 Å². The molecule has 7 nitrogen and oxygen atoms in total. The molecule has 0 saturated heterocycles. The second-order valence-electron chi connectivity index (χ2n) is 4.53. The van der Waals surface area contributed by atoms with Crippen molar-refractivity contribution in [1.82, 2.24) is 10.3 Å². The lowest BCUT2D eigenvalue weighted by molar-refractivity contribution is 0.139. The lowest BCUT2D eigenvalue weighted by Crippen LogP contribution is -2.36. The number of nitrogens with one attached hydrogen (secondary N) is 1. The van der Waals surface area contributed by atoms with E-state index in [0.29, 0.717) is 13.0 Å². The molecule has 1 aromatic rings. The summed E-state index contributed by atoms with van der Waals surface area (Å²) in [6, 6.07) is 9.43. The Bertz CT molecular complexity index is 439. The van der Waals surface area contributed by atoms with E-state index in [1.165, 1.54) is 0 Å².